The van der Waals surface area contributed by atoms with E-state index in [0.29, 0.717) is 37.9 Å². The molecule has 1 atom stereocenters. The van der Waals surface area contributed by atoms with E-state index in [1.54, 1.807) is 11.8 Å². The number of morpholine rings is 1. The molecule has 0 amide bonds. The number of anilines is 1. The predicted octanol–water partition coefficient (Wildman–Crippen LogP) is 1.46. The molecule has 4 heterocycles. The lowest BCUT2D eigenvalue weighted by atomic mass is 10.2. The Morgan fingerprint density at radius 2 is 2.14 bits per heavy atom. The van der Waals surface area contributed by atoms with E-state index < -0.39 is 0 Å². The number of methoxy groups -OCH3 is 1. The monoisotopic (exact) mass is 387 g/mol. The minimum atomic E-state index is -0.0613. The Morgan fingerprint density at radius 3 is 2.93 bits per heavy atom. The minimum Gasteiger partial charge on any atom is -0.377 e. The lowest BCUT2D eigenvalue weighted by Crippen LogP contribution is -2.44. The fraction of sp³-hybridized carbons (Fsp3) is 0.611. The van der Waals surface area contributed by atoms with Gasteiger partial charge in [0.05, 0.1) is 30.7 Å². The van der Waals surface area contributed by atoms with Gasteiger partial charge >= 0.3 is 0 Å². The van der Waals surface area contributed by atoms with Crippen molar-refractivity contribution in [2.24, 2.45) is 7.05 Å². The van der Waals surface area contributed by atoms with Crippen molar-refractivity contribution in [3.63, 3.8) is 0 Å². The third-order valence-electron chi connectivity index (χ3n) is 4.73. The summed E-state index contributed by atoms with van der Waals surface area (Å²) in [5.41, 5.74) is 0.845. The molecule has 3 aromatic rings. The van der Waals surface area contributed by atoms with Gasteiger partial charge < -0.3 is 18.9 Å². The Balaban J connectivity index is 1.57. The minimum absolute atomic E-state index is 0.0613. The first-order valence-electron chi connectivity index (χ1n) is 9.41. The summed E-state index contributed by atoms with van der Waals surface area (Å²) >= 11 is 0. The third-order valence-corrected chi connectivity index (χ3v) is 4.73. The SMILES string of the molecule is COCc1noc(C[C@H]2CN(c3nc(C(C)C)nc4c3cnn4C)CCO2)n1. The molecule has 1 fully saturated rings. The summed E-state index contributed by atoms with van der Waals surface area (Å²) in [6, 6.07) is 0. The zero-order chi connectivity index (χ0) is 19.7. The van der Waals surface area contributed by atoms with Gasteiger partial charge in [-0.2, -0.15) is 10.1 Å². The van der Waals surface area contributed by atoms with E-state index in [2.05, 4.69) is 39.0 Å². The number of hydrogen-bond acceptors (Lipinski definition) is 9. The van der Waals surface area contributed by atoms with Crippen LogP contribution < -0.4 is 4.90 Å². The number of rotatable bonds is 6. The molecule has 0 N–H and O–H groups in total. The van der Waals surface area contributed by atoms with Crippen LogP contribution in [0, 0.1) is 0 Å². The van der Waals surface area contributed by atoms with Crippen molar-refractivity contribution < 1.29 is 14.0 Å². The number of aromatic nitrogens is 6. The summed E-state index contributed by atoms with van der Waals surface area (Å²) in [7, 11) is 3.50. The van der Waals surface area contributed by atoms with Crippen LogP contribution in [0.4, 0.5) is 5.82 Å². The maximum Gasteiger partial charge on any atom is 0.229 e. The number of fused-ring (bicyclic) bond motifs is 1. The first-order chi connectivity index (χ1) is 13.5. The molecule has 1 aliphatic rings. The molecule has 0 spiro atoms. The summed E-state index contributed by atoms with van der Waals surface area (Å²) < 4.78 is 18.1. The van der Waals surface area contributed by atoms with E-state index in [4.69, 9.17) is 19.0 Å². The van der Waals surface area contributed by atoms with Crippen LogP contribution in [-0.2, 0) is 29.5 Å². The zero-order valence-corrected chi connectivity index (χ0v) is 16.6. The summed E-state index contributed by atoms with van der Waals surface area (Å²) in [6.45, 7) is 6.56. The Kier molecular flexibility index (Phi) is 5.23. The van der Waals surface area contributed by atoms with E-state index in [1.165, 1.54) is 0 Å². The van der Waals surface area contributed by atoms with Gasteiger partial charge in [0.2, 0.25) is 5.89 Å². The Labute approximate surface area is 162 Å². The summed E-state index contributed by atoms with van der Waals surface area (Å²) in [6.07, 6.45) is 2.31. The van der Waals surface area contributed by atoms with Gasteiger partial charge in [-0.25, -0.2) is 9.97 Å². The smallest absolute Gasteiger partial charge is 0.229 e. The molecular weight excluding hydrogens is 362 g/mol. The number of hydrogen-bond donors (Lipinski definition) is 0. The molecular formula is C18H25N7O3. The molecule has 0 aliphatic carbocycles. The maximum atomic E-state index is 5.93. The van der Waals surface area contributed by atoms with Gasteiger partial charge in [0.25, 0.3) is 0 Å². The van der Waals surface area contributed by atoms with Gasteiger partial charge in [-0.1, -0.05) is 19.0 Å². The van der Waals surface area contributed by atoms with Crippen molar-refractivity contribution in [2.75, 3.05) is 31.7 Å². The van der Waals surface area contributed by atoms with Crippen molar-refractivity contribution in [2.45, 2.75) is 38.9 Å². The van der Waals surface area contributed by atoms with E-state index in [-0.39, 0.29) is 12.0 Å². The second-order valence-electron chi connectivity index (χ2n) is 7.25. The van der Waals surface area contributed by atoms with Crippen molar-refractivity contribution >= 4 is 16.9 Å². The molecule has 150 valence electrons. The van der Waals surface area contributed by atoms with Crippen LogP contribution in [0.5, 0.6) is 0 Å². The average molecular weight is 387 g/mol. The first kappa shape index (κ1) is 18.8. The fourth-order valence-electron chi connectivity index (χ4n) is 3.31. The fourth-order valence-corrected chi connectivity index (χ4v) is 3.31. The molecule has 10 nitrogen and oxygen atoms in total. The van der Waals surface area contributed by atoms with Gasteiger partial charge in [0.1, 0.15) is 18.2 Å². The highest BCUT2D eigenvalue weighted by Crippen LogP contribution is 2.27. The first-order valence-corrected chi connectivity index (χ1v) is 9.41. The van der Waals surface area contributed by atoms with Gasteiger partial charge in [0, 0.05) is 33.2 Å². The maximum absolute atomic E-state index is 5.93. The molecule has 0 aromatic carbocycles. The molecule has 28 heavy (non-hydrogen) atoms. The number of nitrogens with zero attached hydrogens (tertiary/aromatic N) is 7. The highest BCUT2D eigenvalue weighted by Gasteiger charge is 2.26. The van der Waals surface area contributed by atoms with Crippen LogP contribution in [0.2, 0.25) is 0 Å². The second kappa shape index (κ2) is 7.80. The lowest BCUT2D eigenvalue weighted by molar-refractivity contribution is 0.0360. The standard InChI is InChI=1S/C18H25N7O3/c1-11(2)16-21-17-13(8-19-24(17)3)18(22-16)25-5-6-27-12(9-25)7-15-20-14(10-26-4)23-28-15/h8,11-12H,5-7,9-10H2,1-4H3/t12-/m0/s1. The van der Waals surface area contributed by atoms with E-state index in [0.717, 1.165) is 29.2 Å². The van der Waals surface area contributed by atoms with Gasteiger partial charge in [-0.15, -0.1) is 0 Å². The predicted molar refractivity (Wildman–Crippen MR) is 101 cm³/mol. The van der Waals surface area contributed by atoms with Crippen LogP contribution in [0.15, 0.2) is 10.7 Å². The van der Waals surface area contributed by atoms with Crippen molar-refractivity contribution in [3.8, 4) is 0 Å². The van der Waals surface area contributed by atoms with Crippen molar-refractivity contribution in [3.05, 3.63) is 23.7 Å². The molecule has 4 rings (SSSR count). The van der Waals surface area contributed by atoms with Gasteiger partial charge in [-0.05, 0) is 0 Å². The van der Waals surface area contributed by atoms with Crippen LogP contribution in [-0.4, -0.2) is 62.8 Å². The third kappa shape index (κ3) is 3.69. The van der Waals surface area contributed by atoms with Crippen LogP contribution in [0.25, 0.3) is 11.0 Å². The van der Waals surface area contributed by atoms with Crippen LogP contribution in [0.1, 0.15) is 37.3 Å². The molecule has 0 radical (unpaired) electrons. The highest BCUT2D eigenvalue weighted by atomic mass is 16.5. The average Bonchev–Trinajstić information content (AvgIpc) is 3.28. The van der Waals surface area contributed by atoms with E-state index in [9.17, 15) is 0 Å². The molecule has 0 saturated carbocycles. The van der Waals surface area contributed by atoms with Gasteiger partial charge in [-0.3, -0.25) is 4.68 Å². The normalized spacial score (nSPS) is 17.8. The molecule has 0 unspecified atom stereocenters. The topological polar surface area (TPSA) is 104 Å². The van der Waals surface area contributed by atoms with Crippen molar-refractivity contribution in [1.29, 1.82) is 0 Å². The molecule has 10 heteroatoms. The Bertz CT molecular complexity index is 952. The molecule has 0 bridgehead atoms. The molecule has 1 saturated heterocycles. The lowest BCUT2D eigenvalue weighted by Gasteiger charge is -2.33. The van der Waals surface area contributed by atoms with Crippen LogP contribution in [0.3, 0.4) is 0 Å². The summed E-state index contributed by atoms with van der Waals surface area (Å²) in [5.74, 6) is 3.04. The quantitative estimate of drug-likeness (QED) is 0.621. The van der Waals surface area contributed by atoms with Crippen molar-refractivity contribution in [1.82, 2.24) is 29.9 Å². The van der Waals surface area contributed by atoms with E-state index in [1.807, 2.05) is 13.2 Å². The molecule has 1 aliphatic heterocycles. The molecule has 3 aromatic heterocycles. The second-order valence-corrected chi connectivity index (χ2v) is 7.25. The summed E-state index contributed by atoms with van der Waals surface area (Å²) in [5, 5.41) is 9.23. The van der Waals surface area contributed by atoms with Crippen LogP contribution >= 0.6 is 0 Å². The Morgan fingerprint density at radius 1 is 1.29 bits per heavy atom. The Hall–Kier alpha value is -2.59. The summed E-state index contributed by atoms with van der Waals surface area (Å²) in [4.78, 5) is 16.1. The van der Waals surface area contributed by atoms with E-state index >= 15 is 0 Å². The zero-order valence-electron chi connectivity index (χ0n) is 16.6. The largest absolute Gasteiger partial charge is 0.377 e. The number of ether oxygens (including phenoxy) is 2. The highest BCUT2D eigenvalue weighted by molar-refractivity contribution is 5.87. The number of aryl methyl sites for hydroxylation is 1. The van der Waals surface area contributed by atoms with Gasteiger partial charge in [0.15, 0.2) is 11.5 Å².